The van der Waals surface area contributed by atoms with Crippen LogP contribution in [0.15, 0.2) is 47.6 Å². The van der Waals surface area contributed by atoms with E-state index in [0.29, 0.717) is 48.5 Å². The maximum absolute atomic E-state index is 12.9. The highest BCUT2D eigenvalue weighted by Crippen LogP contribution is 2.39. The quantitative estimate of drug-likeness (QED) is 0.793. The summed E-state index contributed by atoms with van der Waals surface area (Å²) in [5.41, 5.74) is 6.37. The molecule has 1 unspecified atom stereocenters. The van der Waals surface area contributed by atoms with Gasteiger partial charge in [0.1, 0.15) is 5.71 Å². The van der Waals surface area contributed by atoms with Crippen LogP contribution in [0.5, 0.6) is 0 Å². The molecular weight excluding hydrogens is 411 g/mol. The van der Waals surface area contributed by atoms with Gasteiger partial charge in [0.05, 0.1) is 30.0 Å². The highest BCUT2D eigenvalue weighted by molar-refractivity contribution is 6.40. The van der Waals surface area contributed by atoms with Gasteiger partial charge in [0.25, 0.3) is 5.91 Å². The van der Waals surface area contributed by atoms with Gasteiger partial charge in [-0.25, -0.2) is 5.01 Å². The van der Waals surface area contributed by atoms with E-state index in [1.165, 1.54) is 5.56 Å². The molecule has 2 aliphatic rings. The molecule has 8 heteroatoms. The van der Waals surface area contributed by atoms with Gasteiger partial charge in [-0.3, -0.25) is 15.2 Å². The summed E-state index contributed by atoms with van der Waals surface area (Å²) in [6.07, 6.45) is 0.484. The number of hydrazone groups is 1. The van der Waals surface area contributed by atoms with E-state index in [1.807, 2.05) is 23.0 Å². The lowest BCUT2D eigenvalue weighted by atomic mass is 10.00. The smallest absolute Gasteiger partial charge is 0.281 e. The van der Waals surface area contributed by atoms with Crippen molar-refractivity contribution in [1.29, 1.82) is 0 Å². The van der Waals surface area contributed by atoms with E-state index in [9.17, 15) is 4.79 Å². The molecule has 4 rings (SSSR count). The summed E-state index contributed by atoms with van der Waals surface area (Å²) in [6.45, 7) is 4.57. The average molecular weight is 433 g/mol. The summed E-state index contributed by atoms with van der Waals surface area (Å²) in [7, 11) is 0. The van der Waals surface area contributed by atoms with Gasteiger partial charge in [-0.15, -0.1) is 0 Å². The molecule has 1 fully saturated rings. The van der Waals surface area contributed by atoms with E-state index in [4.69, 9.17) is 27.9 Å². The number of anilines is 1. The average Bonchev–Trinajstić information content (AvgIpc) is 3.14. The first-order chi connectivity index (χ1) is 14.0. The van der Waals surface area contributed by atoms with E-state index >= 15 is 0 Å². The van der Waals surface area contributed by atoms with E-state index in [-0.39, 0.29) is 11.9 Å². The number of carbonyl (C=O) groups is 1. The Balaban J connectivity index is 1.62. The van der Waals surface area contributed by atoms with Gasteiger partial charge < -0.3 is 4.74 Å². The standard InChI is InChI=1S/C21H22Cl2N4O2/c1-14-2-4-15(5-3-14)20-13-18(21(28)25-26-8-10-29-11-9-26)24-27(20)19-7-6-16(22)12-17(19)23/h2-7,12,20H,8-11,13H2,1H3,(H,25,28). The van der Waals surface area contributed by atoms with Crippen LogP contribution in [0.25, 0.3) is 0 Å². The van der Waals surface area contributed by atoms with E-state index in [1.54, 1.807) is 12.1 Å². The molecule has 0 saturated carbocycles. The number of hydrogen-bond donors (Lipinski definition) is 1. The lowest BCUT2D eigenvalue weighted by Crippen LogP contribution is -2.50. The third kappa shape index (κ3) is 4.56. The van der Waals surface area contributed by atoms with Gasteiger partial charge in [0.2, 0.25) is 0 Å². The lowest BCUT2D eigenvalue weighted by Gasteiger charge is -2.26. The number of rotatable bonds is 4. The third-order valence-corrected chi connectivity index (χ3v) is 5.60. The van der Waals surface area contributed by atoms with Crippen molar-refractivity contribution in [2.24, 2.45) is 5.10 Å². The van der Waals surface area contributed by atoms with Gasteiger partial charge in [0, 0.05) is 24.5 Å². The molecule has 0 radical (unpaired) electrons. The van der Waals surface area contributed by atoms with Gasteiger partial charge in [-0.2, -0.15) is 5.10 Å². The fourth-order valence-electron chi connectivity index (χ4n) is 3.47. The molecule has 2 aromatic rings. The first kappa shape index (κ1) is 20.2. The number of aryl methyl sites for hydroxylation is 1. The molecule has 1 amide bonds. The first-order valence-corrected chi connectivity index (χ1v) is 10.3. The molecule has 1 atom stereocenters. The van der Waals surface area contributed by atoms with Crippen molar-refractivity contribution < 1.29 is 9.53 Å². The normalized spacial score (nSPS) is 19.9. The van der Waals surface area contributed by atoms with Crippen LogP contribution in [0.1, 0.15) is 23.6 Å². The minimum atomic E-state index is -0.198. The van der Waals surface area contributed by atoms with Crippen molar-refractivity contribution >= 4 is 40.5 Å². The fourth-order valence-corrected chi connectivity index (χ4v) is 3.96. The van der Waals surface area contributed by atoms with Crippen molar-refractivity contribution in [3.05, 3.63) is 63.6 Å². The van der Waals surface area contributed by atoms with Crippen LogP contribution < -0.4 is 10.4 Å². The third-order valence-electron chi connectivity index (χ3n) is 5.06. The van der Waals surface area contributed by atoms with Crippen molar-refractivity contribution in [2.75, 3.05) is 31.3 Å². The molecular formula is C21H22Cl2N4O2. The SMILES string of the molecule is Cc1ccc(C2CC(C(=O)NN3CCOCC3)=NN2c2ccc(Cl)cc2Cl)cc1. The van der Waals surface area contributed by atoms with Gasteiger partial charge in [-0.1, -0.05) is 53.0 Å². The lowest BCUT2D eigenvalue weighted by molar-refractivity contribution is -0.121. The van der Waals surface area contributed by atoms with Crippen LogP contribution >= 0.6 is 23.2 Å². The Morgan fingerprint density at radius 1 is 1.14 bits per heavy atom. The second kappa shape index (κ2) is 8.71. The van der Waals surface area contributed by atoms with Crippen molar-refractivity contribution in [3.8, 4) is 0 Å². The Hall–Kier alpha value is -2.12. The number of amides is 1. The Bertz CT molecular complexity index is 927. The van der Waals surface area contributed by atoms with E-state index in [0.717, 1.165) is 11.3 Å². The monoisotopic (exact) mass is 432 g/mol. The number of nitrogens with one attached hydrogen (secondary N) is 1. The fraction of sp³-hybridized carbons (Fsp3) is 0.333. The molecule has 0 bridgehead atoms. The molecule has 1 N–H and O–H groups in total. The second-order valence-corrected chi connectivity index (χ2v) is 8.00. The van der Waals surface area contributed by atoms with Gasteiger partial charge in [0.15, 0.2) is 0 Å². The Morgan fingerprint density at radius 3 is 2.55 bits per heavy atom. The summed E-state index contributed by atoms with van der Waals surface area (Å²) in [6, 6.07) is 13.4. The molecule has 2 aromatic carbocycles. The molecule has 152 valence electrons. The van der Waals surface area contributed by atoms with Crippen molar-refractivity contribution in [2.45, 2.75) is 19.4 Å². The summed E-state index contributed by atoms with van der Waals surface area (Å²) in [5.74, 6) is -0.198. The number of ether oxygens (including phenoxy) is 1. The zero-order valence-corrected chi connectivity index (χ0v) is 17.6. The summed E-state index contributed by atoms with van der Waals surface area (Å²) in [5, 5.41) is 9.38. The molecule has 2 heterocycles. The maximum atomic E-state index is 12.9. The van der Waals surface area contributed by atoms with Crippen LogP contribution in [-0.4, -0.2) is 42.9 Å². The Morgan fingerprint density at radius 2 is 1.86 bits per heavy atom. The largest absolute Gasteiger partial charge is 0.379 e. The molecule has 1 saturated heterocycles. The molecule has 29 heavy (non-hydrogen) atoms. The summed E-state index contributed by atoms with van der Waals surface area (Å²) < 4.78 is 5.33. The topological polar surface area (TPSA) is 57.2 Å². The van der Waals surface area contributed by atoms with E-state index < -0.39 is 0 Å². The maximum Gasteiger partial charge on any atom is 0.281 e. The molecule has 0 spiro atoms. The van der Waals surface area contributed by atoms with Crippen molar-refractivity contribution in [3.63, 3.8) is 0 Å². The number of hydrazine groups is 1. The Labute approximate surface area is 180 Å². The number of nitrogens with zero attached hydrogens (tertiary/aromatic N) is 3. The number of carbonyl (C=O) groups excluding carboxylic acids is 1. The minimum absolute atomic E-state index is 0.125. The van der Waals surface area contributed by atoms with E-state index in [2.05, 4.69) is 34.8 Å². The number of hydrogen-bond acceptors (Lipinski definition) is 5. The summed E-state index contributed by atoms with van der Waals surface area (Å²) >= 11 is 12.5. The second-order valence-electron chi connectivity index (χ2n) is 7.16. The van der Waals surface area contributed by atoms with Crippen LogP contribution in [-0.2, 0) is 9.53 Å². The van der Waals surface area contributed by atoms with Gasteiger partial charge in [-0.05, 0) is 30.7 Å². The zero-order chi connectivity index (χ0) is 20.4. The van der Waals surface area contributed by atoms with Gasteiger partial charge >= 0.3 is 0 Å². The molecule has 6 nitrogen and oxygen atoms in total. The summed E-state index contributed by atoms with van der Waals surface area (Å²) in [4.78, 5) is 12.9. The van der Waals surface area contributed by atoms with Crippen molar-refractivity contribution in [1.82, 2.24) is 10.4 Å². The first-order valence-electron chi connectivity index (χ1n) is 9.53. The molecule has 2 aliphatic heterocycles. The molecule has 0 aromatic heterocycles. The Kier molecular flexibility index (Phi) is 6.06. The predicted octanol–water partition coefficient (Wildman–Crippen LogP) is 3.97. The highest BCUT2D eigenvalue weighted by atomic mass is 35.5. The van der Waals surface area contributed by atoms with Crippen LogP contribution in [0, 0.1) is 6.92 Å². The predicted molar refractivity (Wildman–Crippen MR) is 115 cm³/mol. The van der Waals surface area contributed by atoms with Crippen LogP contribution in [0.3, 0.4) is 0 Å². The van der Waals surface area contributed by atoms with Crippen LogP contribution in [0.4, 0.5) is 5.69 Å². The number of benzene rings is 2. The minimum Gasteiger partial charge on any atom is -0.379 e. The molecule has 0 aliphatic carbocycles. The number of halogens is 2. The zero-order valence-electron chi connectivity index (χ0n) is 16.1. The number of morpholine rings is 1. The highest BCUT2D eigenvalue weighted by Gasteiger charge is 2.34. The van der Waals surface area contributed by atoms with Crippen LogP contribution in [0.2, 0.25) is 10.0 Å².